The number of nitrogens with zero attached hydrogens (tertiary/aromatic N) is 1. The van der Waals surface area contributed by atoms with Gasteiger partial charge in [0.15, 0.2) is 18.1 Å². The Morgan fingerprint density at radius 2 is 1.63 bits per heavy atom. The molecule has 1 amide bonds. The number of carbonyl (C=O) groups excluding carboxylic acids is 2. The van der Waals surface area contributed by atoms with Gasteiger partial charge in [-0.15, -0.1) is 0 Å². The lowest BCUT2D eigenvalue weighted by Gasteiger charge is -2.13. The number of fused-ring (bicyclic) bond motifs is 1. The lowest BCUT2D eigenvalue weighted by molar-refractivity contribution is -0.119. The average Bonchev–Trinajstić information content (AvgIpc) is 3.44. The summed E-state index contributed by atoms with van der Waals surface area (Å²) in [5, 5.41) is 3.36. The van der Waals surface area contributed by atoms with E-state index in [2.05, 4.69) is 10.3 Å². The summed E-state index contributed by atoms with van der Waals surface area (Å²) in [4.78, 5) is 30.1. The van der Waals surface area contributed by atoms with Gasteiger partial charge in [-0.05, 0) is 48.5 Å². The molecule has 2 aromatic heterocycles. The molecule has 3 aromatic carbocycles. The largest absolute Gasteiger partial charge is 0.463 e. The van der Waals surface area contributed by atoms with Crippen molar-refractivity contribution < 1.29 is 23.5 Å². The molecule has 172 valence electrons. The first-order valence-electron chi connectivity index (χ1n) is 10.9. The first kappa shape index (κ1) is 21.9. The second-order valence-electron chi connectivity index (χ2n) is 7.59. The van der Waals surface area contributed by atoms with Crippen LogP contribution in [0.5, 0.6) is 11.5 Å². The van der Waals surface area contributed by atoms with Crippen LogP contribution in [0.2, 0.25) is 0 Å². The number of nitrogens with one attached hydrogen (secondary N) is 1. The minimum absolute atomic E-state index is 0.294. The van der Waals surface area contributed by atoms with E-state index in [9.17, 15) is 9.59 Å². The van der Waals surface area contributed by atoms with Crippen molar-refractivity contribution in [3.05, 3.63) is 109 Å². The van der Waals surface area contributed by atoms with Crippen LogP contribution in [0.25, 0.3) is 22.4 Å². The van der Waals surface area contributed by atoms with Gasteiger partial charge in [-0.2, -0.15) is 0 Å². The van der Waals surface area contributed by atoms with Crippen LogP contribution in [0.3, 0.4) is 0 Å². The number of pyridine rings is 1. The zero-order valence-corrected chi connectivity index (χ0v) is 18.5. The number of rotatable bonds is 7. The smallest absolute Gasteiger partial charge is 0.339 e. The third-order valence-electron chi connectivity index (χ3n) is 5.18. The van der Waals surface area contributed by atoms with Crippen molar-refractivity contribution in [3.8, 4) is 23.0 Å². The molecule has 5 aromatic rings. The van der Waals surface area contributed by atoms with Gasteiger partial charge in [0.2, 0.25) is 0 Å². The number of carbonyl (C=O) groups is 2. The molecule has 0 aliphatic rings. The van der Waals surface area contributed by atoms with Gasteiger partial charge in [0.1, 0.15) is 11.4 Å². The normalized spacial score (nSPS) is 10.6. The van der Waals surface area contributed by atoms with Crippen molar-refractivity contribution in [1.82, 2.24) is 4.98 Å². The van der Waals surface area contributed by atoms with E-state index in [1.165, 1.54) is 6.26 Å². The van der Waals surface area contributed by atoms with E-state index in [0.717, 1.165) is 0 Å². The molecule has 0 aliphatic carbocycles. The maximum absolute atomic E-state index is 13.0. The molecule has 0 saturated carbocycles. The Morgan fingerprint density at radius 1 is 0.857 bits per heavy atom. The minimum atomic E-state index is -0.639. The molecule has 0 fully saturated rings. The van der Waals surface area contributed by atoms with Crippen LogP contribution >= 0.6 is 0 Å². The first-order chi connectivity index (χ1) is 17.2. The van der Waals surface area contributed by atoms with Crippen LogP contribution in [0.15, 0.2) is 108 Å². The topological polar surface area (TPSA) is 90.7 Å². The summed E-state index contributed by atoms with van der Waals surface area (Å²) in [6.45, 7) is -0.467. The number of esters is 1. The Labute approximate surface area is 200 Å². The molecule has 7 heteroatoms. The predicted molar refractivity (Wildman–Crippen MR) is 131 cm³/mol. The monoisotopic (exact) mass is 464 g/mol. The van der Waals surface area contributed by atoms with Gasteiger partial charge in [-0.1, -0.05) is 48.5 Å². The number of anilines is 1. The number of amides is 1. The van der Waals surface area contributed by atoms with Crippen molar-refractivity contribution in [3.63, 3.8) is 0 Å². The number of benzene rings is 3. The van der Waals surface area contributed by atoms with Crippen molar-refractivity contribution >= 4 is 28.5 Å². The molecule has 7 nitrogen and oxygen atoms in total. The van der Waals surface area contributed by atoms with Crippen LogP contribution in [-0.4, -0.2) is 23.5 Å². The summed E-state index contributed by atoms with van der Waals surface area (Å²) in [5.74, 6) is 0.504. The molecule has 5 rings (SSSR count). The summed E-state index contributed by atoms with van der Waals surface area (Å²) >= 11 is 0. The predicted octanol–water partition coefficient (Wildman–Crippen LogP) is 6.08. The summed E-state index contributed by atoms with van der Waals surface area (Å²) in [7, 11) is 0. The van der Waals surface area contributed by atoms with E-state index in [0.29, 0.717) is 45.1 Å². The Hall–Kier alpha value is -4.91. The summed E-state index contributed by atoms with van der Waals surface area (Å²) in [6, 6.07) is 28.6. The highest BCUT2D eigenvalue weighted by Gasteiger charge is 2.18. The van der Waals surface area contributed by atoms with E-state index < -0.39 is 18.5 Å². The molecule has 0 radical (unpaired) electrons. The Bertz CT molecular complexity index is 1480. The van der Waals surface area contributed by atoms with Crippen molar-refractivity contribution in [1.29, 1.82) is 0 Å². The molecule has 0 aliphatic heterocycles. The minimum Gasteiger partial charge on any atom is -0.463 e. The zero-order chi connectivity index (χ0) is 24.0. The fraction of sp³-hybridized carbons (Fsp3) is 0.0357. The van der Waals surface area contributed by atoms with E-state index in [1.54, 1.807) is 54.6 Å². The molecule has 0 atom stereocenters. The van der Waals surface area contributed by atoms with Crippen LogP contribution in [0, 0.1) is 0 Å². The second-order valence-corrected chi connectivity index (χ2v) is 7.59. The zero-order valence-electron chi connectivity index (χ0n) is 18.5. The van der Waals surface area contributed by atoms with E-state index in [1.807, 2.05) is 42.5 Å². The van der Waals surface area contributed by atoms with Gasteiger partial charge >= 0.3 is 5.97 Å². The van der Waals surface area contributed by atoms with Gasteiger partial charge in [-0.25, -0.2) is 9.78 Å². The van der Waals surface area contributed by atoms with Crippen LogP contribution in [-0.2, 0) is 9.53 Å². The quantitative estimate of drug-likeness (QED) is 0.294. The SMILES string of the molecule is O=C(COC(=O)c1cc(-c2ccco2)nc2ccccc12)Nc1ccccc1Oc1ccccc1. The van der Waals surface area contributed by atoms with E-state index >= 15 is 0 Å². The summed E-state index contributed by atoms with van der Waals surface area (Å²) < 4.78 is 16.6. The number of furan rings is 1. The lowest BCUT2D eigenvalue weighted by Crippen LogP contribution is -2.21. The molecule has 35 heavy (non-hydrogen) atoms. The van der Waals surface area contributed by atoms with Crippen molar-refractivity contribution in [2.45, 2.75) is 0 Å². The summed E-state index contributed by atoms with van der Waals surface area (Å²) in [6.07, 6.45) is 1.54. The Morgan fingerprint density at radius 3 is 2.46 bits per heavy atom. The molecule has 2 heterocycles. The highest BCUT2D eigenvalue weighted by Crippen LogP contribution is 2.29. The van der Waals surface area contributed by atoms with Gasteiger partial charge < -0.3 is 19.2 Å². The van der Waals surface area contributed by atoms with Crippen LogP contribution in [0.4, 0.5) is 5.69 Å². The molecule has 0 unspecified atom stereocenters. The first-order valence-corrected chi connectivity index (χ1v) is 10.9. The summed E-state index contributed by atoms with van der Waals surface area (Å²) in [5.41, 5.74) is 1.87. The molecular formula is C28H20N2O5. The number of hydrogen-bond donors (Lipinski definition) is 1. The highest BCUT2D eigenvalue weighted by atomic mass is 16.5. The third kappa shape index (κ3) is 5.04. The molecule has 1 N–H and O–H groups in total. The Balaban J connectivity index is 1.30. The van der Waals surface area contributed by atoms with Gasteiger partial charge in [0.25, 0.3) is 5.91 Å². The molecule has 0 bridgehead atoms. The van der Waals surface area contributed by atoms with Crippen molar-refractivity contribution in [2.24, 2.45) is 0 Å². The van der Waals surface area contributed by atoms with Gasteiger partial charge in [-0.3, -0.25) is 4.79 Å². The van der Waals surface area contributed by atoms with Crippen LogP contribution in [0.1, 0.15) is 10.4 Å². The lowest BCUT2D eigenvalue weighted by atomic mass is 10.1. The van der Waals surface area contributed by atoms with Crippen molar-refractivity contribution in [2.75, 3.05) is 11.9 Å². The number of aromatic nitrogens is 1. The number of hydrogen-bond acceptors (Lipinski definition) is 6. The van der Waals surface area contributed by atoms with E-state index in [-0.39, 0.29) is 0 Å². The fourth-order valence-corrected chi connectivity index (χ4v) is 3.56. The maximum atomic E-state index is 13.0. The van der Waals surface area contributed by atoms with E-state index in [4.69, 9.17) is 13.9 Å². The maximum Gasteiger partial charge on any atom is 0.339 e. The van der Waals surface area contributed by atoms with Crippen LogP contribution < -0.4 is 10.1 Å². The number of para-hydroxylation sites is 4. The van der Waals surface area contributed by atoms with Gasteiger partial charge in [0.05, 0.1) is 23.0 Å². The molecule has 0 spiro atoms. The standard InChI is InChI=1S/C28H20N2O5/c31-27(30-23-13-6-7-14-26(23)35-19-9-2-1-3-10-19)18-34-28(32)21-17-24(25-15-8-16-33-25)29-22-12-5-4-11-20(21)22/h1-17H,18H2,(H,30,31). The Kier molecular flexibility index (Phi) is 6.21. The average molecular weight is 464 g/mol. The highest BCUT2D eigenvalue weighted by molar-refractivity contribution is 6.05. The number of ether oxygens (including phenoxy) is 2. The second kappa shape index (κ2) is 9.93. The van der Waals surface area contributed by atoms with Gasteiger partial charge in [0, 0.05) is 5.39 Å². The third-order valence-corrected chi connectivity index (χ3v) is 5.18. The molecule has 0 saturated heterocycles. The molecular weight excluding hydrogens is 444 g/mol. The fourth-order valence-electron chi connectivity index (χ4n) is 3.56.